The molecule has 0 atom stereocenters. The summed E-state index contributed by atoms with van der Waals surface area (Å²) in [6, 6.07) is 6.34. The van der Waals surface area contributed by atoms with Crippen molar-refractivity contribution in [3.63, 3.8) is 0 Å². The third kappa shape index (κ3) is 4.91. The quantitative estimate of drug-likeness (QED) is 0.627. The number of nitrogens with two attached hydrogens (primary N) is 1. The maximum absolute atomic E-state index is 5.82. The smallest absolute Gasteiger partial charge is 0.224 e. The van der Waals surface area contributed by atoms with E-state index in [0.717, 1.165) is 55.8 Å². The van der Waals surface area contributed by atoms with E-state index in [0.29, 0.717) is 17.9 Å². The Morgan fingerprint density at radius 2 is 2.00 bits per heavy atom. The molecule has 2 aromatic rings. The van der Waals surface area contributed by atoms with Crippen LogP contribution in [0.2, 0.25) is 0 Å². The van der Waals surface area contributed by atoms with Crippen LogP contribution in [0.1, 0.15) is 45.4 Å². The van der Waals surface area contributed by atoms with Crippen LogP contribution in [0.15, 0.2) is 30.6 Å². The third-order valence-corrected chi connectivity index (χ3v) is 5.06. The van der Waals surface area contributed by atoms with Crippen molar-refractivity contribution in [1.82, 2.24) is 15.0 Å². The van der Waals surface area contributed by atoms with E-state index >= 15 is 0 Å². The summed E-state index contributed by atoms with van der Waals surface area (Å²) < 4.78 is 0. The van der Waals surface area contributed by atoms with Crippen molar-refractivity contribution in [3.05, 3.63) is 30.6 Å². The van der Waals surface area contributed by atoms with E-state index in [1.807, 2.05) is 24.4 Å². The standard InChI is InChI=1S/C20H30N6/c1-2-3-11-23-20-24-14-17(18-6-4-5-12-22-18)19(26-20)25-16-9-7-15(13-21)8-10-16/h4-6,12,14-16H,2-3,7-11,13,21H2,1H3,(H2,23,24,25,26)/t15-,16-. The molecular formula is C20H30N6. The van der Waals surface area contributed by atoms with Gasteiger partial charge in [-0.3, -0.25) is 4.98 Å². The third-order valence-electron chi connectivity index (χ3n) is 5.06. The molecule has 2 aromatic heterocycles. The van der Waals surface area contributed by atoms with Gasteiger partial charge in [-0.1, -0.05) is 19.4 Å². The highest BCUT2D eigenvalue weighted by Crippen LogP contribution is 2.30. The van der Waals surface area contributed by atoms with Gasteiger partial charge in [0.05, 0.1) is 11.3 Å². The van der Waals surface area contributed by atoms with Crippen LogP contribution in [0, 0.1) is 5.92 Å². The Balaban J connectivity index is 1.78. The number of anilines is 2. The molecule has 1 aliphatic rings. The van der Waals surface area contributed by atoms with E-state index in [9.17, 15) is 0 Å². The number of unbranched alkanes of at least 4 members (excludes halogenated alkanes) is 1. The van der Waals surface area contributed by atoms with Gasteiger partial charge >= 0.3 is 0 Å². The van der Waals surface area contributed by atoms with Crippen molar-refractivity contribution < 1.29 is 0 Å². The number of hydrogen-bond donors (Lipinski definition) is 3. The van der Waals surface area contributed by atoms with Crippen LogP contribution in [0.4, 0.5) is 11.8 Å². The molecule has 0 radical (unpaired) electrons. The lowest BCUT2D eigenvalue weighted by molar-refractivity contribution is 0.344. The Kier molecular flexibility index (Phi) is 6.77. The van der Waals surface area contributed by atoms with Gasteiger partial charge in [-0.15, -0.1) is 0 Å². The van der Waals surface area contributed by atoms with E-state index in [2.05, 4.69) is 27.5 Å². The average molecular weight is 355 g/mol. The molecule has 2 heterocycles. The molecule has 0 bridgehead atoms. The van der Waals surface area contributed by atoms with Crippen LogP contribution >= 0.6 is 0 Å². The minimum absolute atomic E-state index is 0.429. The second kappa shape index (κ2) is 9.48. The highest BCUT2D eigenvalue weighted by atomic mass is 15.1. The van der Waals surface area contributed by atoms with Crippen LogP contribution in [0.3, 0.4) is 0 Å². The van der Waals surface area contributed by atoms with Crippen LogP contribution in [-0.2, 0) is 0 Å². The highest BCUT2D eigenvalue weighted by molar-refractivity contribution is 5.72. The number of pyridine rings is 1. The van der Waals surface area contributed by atoms with E-state index in [1.54, 1.807) is 6.20 Å². The Morgan fingerprint density at radius 1 is 1.15 bits per heavy atom. The first-order chi connectivity index (χ1) is 12.8. The zero-order chi connectivity index (χ0) is 18.2. The molecule has 0 amide bonds. The average Bonchev–Trinajstić information content (AvgIpc) is 2.70. The lowest BCUT2D eigenvalue weighted by atomic mass is 9.86. The zero-order valence-corrected chi connectivity index (χ0v) is 15.6. The molecule has 1 aliphatic carbocycles. The predicted molar refractivity (Wildman–Crippen MR) is 107 cm³/mol. The fourth-order valence-corrected chi connectivity index (χ4v) is 3.40. The van der Waals surface area contributed by atoms with E-state index in [1.165, 1.54) is 12.8 Å². The minimum Gasteiger partial charge on any atom is -0.367 e. The zero-order valence-electron chi connectivity index (χ0n) is 15.6. The van der Waals surface area contributed by atoms with Gasteiger partial charge in [0.15, 0.2) is 0 Å². The number of rotatable bonds is 8. The van der Waals surface area contributed by atoms with Gasteiger partial charge in [0.1, 0.15) is 5.82 Å². The number of aromatic nitrogens is 3. The fraction of sp³-hybridized carbons (Fsp3) is 0.550. The first-order valence-electron chi connectivity index (χ1n) is 9.79. The molecule has 0 aromatic carbocycles. The molecule has 140 valence electrons. The maximum atomic E-state index is 5.82. The summed E-state index contributed by atoms with van der Waals surface area (Å²) in [5.74, 6) is 2.21. The lowest BCUT2D eigenvalue weighted by Gasteiger charge is -2.29. The van der Waals surface area contributed by atoms with E-state index < -0.39 is 0 Å². The summed E-state index contributed by atoms with van der Waals surface area (Å²) >= 11 is 0. The second-order valence-electron chi connectivity index (χ2n) is 7.05. The summed E-state index contributed by atoms with van der Waals surface area (Å²) in [5.41, 5.74) is 7.67. The van der Waals surface area contributed by atoms with Crippen LogP contribution in [0.25, 0.3) is 11.3 Å². The molecule has 0 unspecified atom stereocenters. The van der Waals surface area contributed by atoms with Gasteiger partial charge in [0.25, 0.3) is 0 Å². The lowest BCUT2D eigenvalue weighted by Crippen LogP contribution is -2.29. The summed E-state index contributed by atoms with van der Waals surface area (Å²) in [7, 11) is 0. The van der Waals surface area contributed by atoms with E-state index in [4.69, 9.17) is 10.7 Å². The number of nitrogens with zero attached hydrogens (tertiary/aromatic N) is 3. The molecule has 0 saturated heterocycles. The Bertz CT molecular complexity index is 667. The molecule has 3 rings (SSSR count). The van der Waals surface area contributed by atoms with Crippen LogP contribution in [0.5, 0.6) is 0 Å². The molecular weight excluding hydrogens is 324 g/mol. The van der Waals surface area contributed by atoms with Gasteiger partial charge in [0, 0.05) is 25.0 Å². The van der Waals surface area contributed by atoms with Crippen molar-refractivity contribution in [1.29, 1.82) is 0 Å². The SMILES string of the molecule is CCCCNc1ncc(-c2ccccn2)c(N[C@H]2CC[C@H](CN)CC2)n1. The van der Waals surface area contributed by atoms with Gasteiger partial charge in [-0.2, -0.15) is 4.98 Å². The molecule has 4 N–H and O–H groups in total. The maximum Gasteiger partial charge on any atom is 0.224 e. The van der Waals surface area contributed by atoms with Gasteiger partial charge in [-0.25, -0.2) is 4.98 Å². The summed E-state index contributed by atoms with van der Waals surface area (Å²) in [6.45, 7) is 3.86. The van der Waals surface area contributed by atoms with Gasteiger partial charge in [0.2, 0.25) is 5.95 Å². The number of hydrogen-bond acceptors (Lipinski definition) is 6. The Morgan fingerprint density at radius 3 is 2.69 bits per heavy atom. The predicted octanol–water partition coefficient (Wildman–Crippen LogP) is 3.68. The van der Waals surface area contributed by atoms with Crippen LogP contribution < -0.4 is 16.4 Å². The molecule has 1 saturated carbocycles. The summed E-state index contributed by atoms with van der Waals surface area (Å²) in [4.78, 5) is 13.7. The van der Waals surface area contributed by atoms with Crippen molar-refractivity contribution in [2.45, 2.75) is 51.5 Å². The normalized spacial score (nSPS) is 19.9. The molecule has 0 spiro atoms. The monoisotopic (exact) mass is 354 g/mol. The fourth-order valence-electron chi connectivity index (χ4n) is 3.40. The largest absolute Gasteiger partial charge is 0.367 e. The molecule has 26 heavy (non-hydrogen) atoms. The first-order valence-corrected chi connectivity index (χ1v) is 9.79. The molecule has 1 fully saturated rings. The topological polar surface area (TPSA) is 88.8 Å². The van der Waals surface area contributed by atoms with E-state index in [-0.39, 0.29) is 0 Å². The second-order valence-corrected chi connectivity index (χ2v) is 7.05. The summed E-state index contributed by atoms with van der Waals surface area (Å²) in [6.07, 6.45) is 10.6. The minimum atomic E-state index is 0.429. The highest BCUT2D eigenvalue weighted by Gasteiger charge is 2.22. The summed E-state index contributed by atoms with van der Waals surface area (Å²) in [5, 5.41) is 6.97. The number of nitrogens with one attached hydrogen (secondary N) is 2. The first kappa shape index (κ1) is 18.6. The van der Waals surface area contributed by atoms with Gasteiger partial charge in [-0.05, 0) is 56.7 Å². The van der Waals surface area contributed by atoms with Crippen molar-refractivity contribution >= 4 is 11.8 Å². The van der Waals surface area contributed by atoms with Crippen LogP contribution in [-0.4, -0.2) is 34.1 Å². The Labute approximate surface area is 156 Å². The molecule has 0 aliphatic heterocycles. The van der Waals surface area contributed by atoms with Crippen molar-refractivity contribution in [3.8, 4) is 11.3 Å². The van der Waals surface area contributed by atoms with Crippen molar-refractivity contribution in [2.75, 3.05) is 23.7 Å². The molecule has 6 nitrogen and oxygen atoms in total. The van der Waals surface area contributed by atoms with Gasteiger partial charge < -0.3 is 16.4 Å². The van der Waals surface area contributed by atoms with Crippen molar-refractivity contribution in [2.24, 2.45) is 11.7 Å². The molecule has 6 heteroatoms. The Hall–Kier alpha value is -2.21.